The van der Waals surface area contributed by atoms with Crippen LogP contribution in [0, 0.1) is 5.82 Å². The highest BCUT2D eigenvalue weighted by Gasteiger charge is 2.21. The number of rotatable bonds is 2. The molecule has 2 aromatic carbocycles. The van der Waals surface area contributed by atoms with Gasteiger partial charge in [-0.05, 0) is 124 Å². The molecule has 0 N–H and O–H groups in total. The van der Waals surface area contributed by atoms with Gasteiger partial charge in [-0.25, -0.2) is 4.39 Å². The fourth-order valence-electron chi connectivity index (χ4n) is 1.37. The van der Waals surface area contributed by atoms with Crippen LogP contribution >= 0.6 is 112 Å². The number of ether oxygens (including phenoxy) is 1. The lowest BCUT2D eigenvalue weighted by atomic mass is 10.3. The molecule has 112 valence electrons. The van der Waals surface area contributed by atoms with Crippen LogP contribution in [-0.4, -0.2) is 0 Å². The molecule has 0 amide bonds. The molecule has 2 aromatic rings. The monoisotopic (exact) mass is 733 g/mol. The number of halogens is 8. The van der Waals surface area contributed by atoms with Gasteiger partial charge in [0.15, 0.2) is 11.6 Å². The van der Waals surface area contributed by atoms with Crippen LogP contribution < -0.4 is 4.74 Å². The molecule has 0 fully saturated rings. The van der Waals surface area contributed by atoms with Crippen LogP contribution in [0.1, 0.15) is 0 Å². The summed E-state index contributed by atoms with van der Waals surface area (Å²) < 4.78 is 24.1. The minimum Gasteiger partial charge on any atom is -0.454 e. The van der Waals surface area contributed by atoms with Crippen molar-refractivity contribution in [2.75, 3.05) is 0 Å². The summed E-state index contributed by atoms with van der Waals surface area (Å²) in [5.41, 5.74) is 0. The molecular weight excluding hydrogens is 738 g/mol. The molecule has 0 unspecified atom stereocenters. The largest absolute Gasteiger partial charge is 0.454 e. The second kappa shape index (κ2) is 7.61. The summed E-state index contributed by atoms with van der Waals surface area (Å²) in [6.45, 7) is 0. The second-order valence-corrected chi connectivity index (χ2v) is 9.43. The predicted molar refractivity (Wildman–Crippen MR) is 107 cm³/mol. The van der Waals surface area contributed by atoms with Crippen LogP contribution in [0.2, 0.25) is 0 Å². The van der Waals surface area contributed by atoms with Crippen LogP contribution in [-0.2, 0) is 0 Å². The molecule has 9 heteroatoms. The van der Waals surface area contributed by atoms with Crippen molar-refractivity contribution in [2.45, 2.75) is 0 Å². The smallest absolute Gasteiger partial charge is 0.160 e. The number of hydrogen-bond acceptors (Lipinski definition) is 1. The zero-order valence-corrected chi connectivity index (χ0v) is 20.7. The van der Waals surface area contributed by atoms with Crippen molar-refractivity contribution >= 4 is 112 Å². The van der Waals surface area contributed by atoms with Crippen molar-refractivity contribution in [1.29, 1.82) is 0 Å². The Labute approximate surface area is 179 Å². The van der Waals surface area contributed by atoms with E-state index in [0.717, 1.165) is 13.4 Å². The summed E-state index contributed by atoms with van der Waals surface area (Å²) in [6.07, 6.45) is 0. The number of benzene rings is 2. The van der Waals surface area contributed by atoms with Gasteiger partial charge in [-0.3, -0.25) is 0 Å². The first kappa shape index (κ1) is 18.9. The number of hydrogen-bond donors (Lipinski definition) is 0. The summed E-state index contributed by atoms with van der Waals surface area (Å²) in [5, 5.41) is 0. The maximum Gasteiger partial charge on any atom is 0.160 e. The molecule has 0 aliphatic carbocycles. The van der Waals surface area contributed by atoms with E-state index in [2.05, 4.69) is 112 Å². The Morgan fingerprint density at radius 2 is 1.24 bits per heavy atom. The molecule has 0 heterocycles. The van der Waals surface area contributed by atoms with E-state index in [1.165, 1.54) is 0 Å². The third-order valence-electron chi connectivity index (χ3n) is 2.36. The Kier molecular flexibility index (Phi) is 6.84. The Morgan fingerprint density at radius 1 is 0.667 bits per heavy atom. The first-order valence-corrected chi connectivity index (χ1v) is 10.6. The molecule has 0 saturated heterocycles. The average Bonchev–Trinajstić information content (AvgIpc) is 2.44. The fourth-order valence-corrected chi connectivity index (χ4v) is 5.27. The quantitative estimate of drug-likeness (QED) is 0.221. The molecular formula is C12H2Br7FO. The molecule has 0 atom stereocenters. The van der Waals surface area contributed by atoms with Crippen molar-refractivity contribution in [3.05, 3.63) is 49.3 Å². The standard InChI is InChI=1S/C12H2Br7FO/c13-3-1-5(15)6(2-4(3)14)21-12-9(18)7(16)8(17)11(20)10(12)19/h1-2H. The van der Waals surface area contributed by atoms with E-state index >= 15 is 0 Å². The molecule has 21 heavy (non-hydrogen) atoms. The molecule has 0 spiro atoms. The van der Waals surface area contributed by atoms with E-state index in [1.807, 2.05) is 6.07 Å². The molecule has 0 aliphatic heterocycles. The van der Waals surface area contributed by atoms with Gasteiger partial charge >= 0.3 is 0 Å². The minimum atomic E-state index is -0.452. The molecule has 2 rings (SSSR count). The Balaban J connectivity index is 2.58. The molecule has 1 nitrogen and oxygen atoms in total. The predicted octanol–water partition coefficient (Wildman–Crippen LogP) is 8.96. The first-order chi connectivity index (χ1) is 9.73. The zero-order valence-electron chi connectivity index (χ0n) is 9.59. The molecule has 0 bridgehead atoms. The summed E-state index contributed by atoms with van der Waals surface area (Å²) in [5.74, 6) is 0.421. The minimum absolute atomic E-state index is 0.218. The van der Waals surface area contributed by atoms with Gasteiger partial charge in [0.25, 0.3) is 0 Å². The summed E-state index contributed by atoms with van der Waals surface area (Å²) in [7, 11) is 0. The first-order valence-electron chi connectivity index (χ1n) is 5.07. The Hall–Kier alpha value is 1.53. The van der Waals surface area contributed by atoms with Crippen molar-refractivity contribution in [3.63, 3.8) is 0 Å². The third-order valence-corrected chi connectivity index (χ3v) is 8.89. The highest BCUT2D eigenvalue weighted by Crippen LogP contribution is 2.48. The van der Waals surface area contributed by atoms with E-state index in [1.54, 1.807) is 6.07 Å². The van der Waals surface area contributed by atoms with Crippen molar-refractivity contribution in [2.24, 2.45) is 0 Å². The zero-order chi connectivity index (χ0) is 15.9. The van der Waals surface area contributed by atoms with Crippen LogP contribution in [0.25, 0.3) is 0 Å². The van der Waals surface area contributed by atoms with Crippen LogP contribution in [0.15, 0.2) is 43.4 Å². The topological polar surface area (TPSA) is 9.23 Å². The maximum atomic E-state index is 14.1. The Morgan fingerprint density at radius 3 is 1.86 bits per heavy atom. The van der Waals surface area contributed by atoms with E-state index in [0.29, 0.717) is 24.9 Å². The third kappa shape index (κ3) is 3.96. The maximum absolute atomic E-state index is 14.1. The van der Waals surface area contributed by atoms with E-state index in [4.69, 9.17) is 4.74 Å². The van der Waals surface area contributed by atoms with Crippen LogP contribution in [0.3, 0.4) is 0 Å². The fraction of sp³-hybridized carbons (Fsp3) is 0. The lowest BCUT2D eigenvalue weighted by Gasteiger charge is -2.15. The van der Waals surface area contributed by atoms with Crippen molar-refractivity contribution < 1.29 is 9.13 Å². The normalized spacial score (nSPS) is 10.9. The SMILES string of the molecule is Fc1c(Br)c(Br)c(Br)c(Oc2cc(Br)c(Br)cc2Br)c1Br. The summed E-state index contributed by atoms with van der Waals surface area (Å²) >= 11 is 23.3. The van der Waals surface area contributed by atoms with Gasteiger partial charge in [-0.1, -0.05) is 0 Å². The molecule has 0 saturated carbocycles. The molecule has 0 aromatic heterocycles. The van der Waals surface area contributed by atoms with Crippen molar-refractivity contribution in [1.82, 2.24) is 0 Å². The summed E-state index contributed by atoms with van der Waals surface area (Å²) in [4.78, 5) is 0. The van der Waals surface area contributed by atoms with Gasteiger partial charge in [0, 0.05) is 8.95 Å². The molecule has 0 aliphatic rings. The highest BCUT2D eigenvalue weighted by molar-refractivity contribution is 9.14. The van der Waals surface area contributed by atoms with Gasteiger partial charge in [0.05, 0.1) is 22.4 Å². The lowest BCUT2D eigenvalue weighted by Crippen LogP contribution is -1.94. The van der Waals surface area contributed by atoms with Gasteiger partial charge in [0.2, 0.25) is 0 Å². The van der Waals surface area contributed by atoms with Gasteiger partial charge in [-0.2, -0.15) is 0 Å². The molecule has 0 radical (unpaired) electrons. The van der Waals surface area contributed by atoms with E-state index in [-0.39, 0.29) is 4.47 Å². The lowest BCUT2D eigenvalue weighted by molar-refractivity contribution is 0.464. The van der Waals surface area contributed by atoms with Gasteiger partial charge in [-0.15, -0.1) is 0 Å². The van der Waals surface area contributed by atoms with Crippen LogP contribution in [0.5, 0.6) is 11.5 Å². The second-order valence-electron chi connectivity index (χ2n) is 3.70. The van der Waals surface area contributed by atoms with Gasteiger partial charge in [0.1, 0.15) is 5.75 Å². The van der Waals surface area contributed by atoms with Crippen LogP contribution in [0.4, 0.5) is 4.39 Å². The van der Waals surface area contributed by atoms with Gasteiger partial charge < -0.3 is 4.74 Å². The van der Waals surface area contributed by atoms with E-state index < -0.39 is 5.82 Å². The highest BCUT2D eigenvalue weighted by atomic mass is 79.9. The van der Waals surface area contributed by atoms with Crippen molar-refractivity contribution in [3.8, 4) is 11.5 Å². The average molecular weight is 740 g/mol. The van der Waals surface area contributed by atoms with E-state index in [9.17, 15) is 4.39 Å². The Bertz CT molecular complexity index is 703. The summed E-state index contributed by atoms with van der Waals surface area (Å²) in [6, 6.07) is 3.62.